The van der Waals surface area contributed by atoms with Crippen molar-refractivity contribution in [3.8, 4) is 0 Å². The largest absolute Gasteiger partial charge is 0.481 e. The van der Waals surface area contributed by atoms with E-state index < -0.39 is 28.2 Å². The molecule has 2 aliphatic carbocycles. The van der Waals surface area contributed by atoms with Crippen molar-refractivity contribution in [3.05, 3.63) is 46.1 Å². The number of alkyl halides is 4. The highest BCUT2D eigenvalue weighted by Gasteiger charge is 2.61. The number of nitrogens with zero attached hydrogens (tertiary/aromatic N) is 1. The first-order chi connectivity index (χ1) is 12.5. The molecule has 0 fully saturated rings. The minimum absolute atomic E-state index is 0.00974. The maximum atomic E-state index is 14.1. The molecule has 1 N–H and O–H groups in total. The van der Waals surface area contributed by atoms with Gasteiger partial charge >= 0.3 is 12.1 Å². The Bertz CT molecular complexity index is 829. The Morgan fingerprint density at radius 3 is 2.67 bits per heavy atom. The van der Waals surface area contributed by atoms with Gasteiger partial charge in [-0.25, -0.2) is 4.40 Å². The Hall–Kier alpha value is -1.18. The lowest BCUT2D eigenvalue weighted by Gasteiger charge is -2.33. The van der Waals surface area contributed by atoms with Crippen LogP contribution in [0.5, 0.6) is 0 Å². The Morgan fingerprint density at radius 1 is 1.41 bits per heavy atom. The van der Waals surface area contributed by atoms with E-state index in [2.05, 4.69) is 4.40 Å². The molecule has 0 aromatic heterocycles. The number of halogens is 5. The average Bonchev–Trinajstić information content (AvgIpc) is 3.00. The molecule has 0 saturated carbocycles. The van der Waals surface area contributed by atoms with Crippen molar-refractivity contribution in [2.45, 2.75) is 42.5 Å². The molecule has 3 unspecified atom stereocenters. The molecule has 3 atom stereocenters. The van der Waals surface area contributed by atoms with Crippen LogP contribution in [0.3, 0.4) is 0 Å². The summed E-state index contributed by atoms with van der Waals surface area (Å²) in [5.41, 5.74) is 1.44. The van der Waals surface area contributed by atoms with Crippen LogP contribution < -0.4 is 0 Å². The molecule has 0 aromatic rings. The van der Waals surface area contributed by atoms with Gasteiger partial charge in [0, 0.05) is 17.9 Å². The summed E-state index contributed by atoms with van der Waals surface area (Å²) in [5, 5.41) is 8.85. The maximum absolute atomic E-state index is 14.1. The highest BCUT2D eigenvalue weighted by Crippen LogP contribution is 2.55. The molecule has 0 spiro atoms. The van der Waals surface area contributed by atoms with E-state index in [0.29, 0.717) is 35.2 Å². The second-order valence-corrected chi connectivity index (χ2v) is 8.85. The van der Waals surface area contributed by atoms with Gasteiger partial charge in [-0.05, 0) is 42.5 Å². The van der Waals surface area contributed by atoms with Gasteiger partial charge in [0.1, 0.15) is 0 Å². The second-order valence-electron chi connectivity index (χ2n) is 6.74. The van der Waals surface area contributed by atoms with Gasteiger partial charge in [0.2, 0.25) is 0 Å². The van der Waals surface area contributed by atoms with Crippen molar-refractivity contribution < 1.29 is 23.1 Å². The number of rotatable bonds is 3. The molecule has 3 aliphatic rings. The van der Waals surface area contributed by atoms with Gasteiger partial charge < -0.3 is 5.11 Å². The van der Waals surface area contributed by atoms with Crippen molar-refractivity contribution in [2.24, 2.45) is 10.3 Å². The molecule has 0 aromatic carbocycles. The third-order valence-electron chi connectivity index (χ3n) is 4.85. The SMILES string of the molecule is CC1=CC(C2=NSC(C3=CC(Cl)CC(Cl)=C3)(C(F)(F)F)C2)=CCC1C(=O)O. The summed E-state index contributed by atoms with van der Waals surface area (Å²) < 4.78 is 44.1. The van der Waals surface area contributed by atoms with E-state index in [1.807, 2.05) is 0 Å². The van der Waals surface area contributed by atoms with E-state index in [1.54, 1.807) is 19.1 Å². The molecule has 3 rings (SSSR count). The van der Waals surface area contributed by atoms with E-state index in [-0.39, 0.29) is 23.4 Å². The van der Waals surface area contributed by atoms with Crippen molar-refractivity contribution in [3.63, 3.8) is 0 Å². The number of hydrogen-bond donors (Lipinski definition) is 1. The van der Waals surface area contributed by atoms with Crippen LogP contribution in [0.25, 0.3) is 0 Å². The fraction of sp³-hybridized carbons (Fsp3) is 0.444. The first-order valence-electron chi connectivity index (χ1n) is 8.19. The number of allylic oxidation sites excluding steroid dienone is 6. The van der Waals surface area contributed by atoms with E-state index in [1.165, 1.54) is 12.2 Å². The van der Waals surface area contributed by atoms with Gasteiger partial charge in [0.05, 0.1) is 17.0 Å². The molecule has 0 radical (unpaired) electrons. The number of carboxylic acid groups (broad SMARTS) is 1. The van der Waals surface area contributed by atoms with Crippen LogP contribution >= 0.6 is 35.1 Å². The summed E-state index contributed by atoms with van der Waals surface area (Å²) in [5.74, 6) is -1.61. The van der Waals surface area contributed by atoms with Crippen LogP contribution in [0, 0.1) is 5.92 Å². The highest BCUT2D eigenvalue weighted by molar-refractivity contribution is 8.00. The Balaban J connectivity index is 1.92. The van der Waals surface area contributed by atoms with Crippen LogP contribution in [-0.4, -0.2) is 33.1 Å². The summed E-state index contributed by atoms with van der Waals surface area (Å²) in [4.78, 5) is 11.2. The normalized spacial score (nSPS) is 31.6. The fourth-order valence-electron chi connectivity index (χ4n) is 3.36. The molecule has 146 valence electrons. The molecule has 1 heterocycles. The first kappa shape index (κ1) is 20.6. The third-order valence-corrected chi connectivity index (χ3v) is 6.63. The van der Waals surface area contributed by atoms with Gasteiger partial charge in [0.25, 0.3) is 0 Å². The van der Waals surface area contributed by atoms with Gasteiger partial charge in [-0.3, -0.25) is 4.79 Å². The molecule has 0 bridgehead atoms. The van der Waals surface area contributed by atoms with Crippen LogP contribution in [0.1, 0.15) is 26.2 Å². The van der Waals surface area contributed by atoms with Crippen molar-refractivity contribution in [1.82, 2.24) is 0 Å². The molecular weight excluding hydrogens is 422 g/mol. The van der Waals surface area contributed by atoms with Crippen LogP contribution in [0.2, 0.25) is 0 Å². The first-order valence-corrected chi connectivity index (χ1v) is 9.78. The molecule has 27 heavy (non-hydrogen) atoms. The lowest BCUT2D eigenvalue weighted by Crippen LogP contribution is -2.43. The number of carboxylic acids is 1. The van der Waals surface area contributed by atoms with Gasteiger partial charge in [-0.1, -0.05) is 35.4 Å². The quantitative estimate of drug-likeness (QED) is 0.447. The van der Waals surface area contributed by atoms with E-state index in [0.717, 1.165) is 0 Å². The number of carbonyl (C=O) groups is 1. The Labute approximate surface area is 168 Å². The topological polar surface area (TPSA) is 49.7 Å². The monoisotopic (exact) mass is 437 g/mol. The predicted molar refractivity (Wildman–Crippen MR) is 102 cm³/mol. The lowest BCUT2D eigenvalue weighted by molar-refractivity contribution is -0.147. The summed E-state index contributed by atoms with van der Waals surface area (Å²) in [6.45, 7) is 1.66. The van der Waals surface area contributed by atoms with Gasteiger partial charge in [-0.15, -0.1) is 11.6 Å². The molecule has 1 aliphatic heterocycles. The smallest absolute Gasteiger partial charge is 0.409 e. The van der Waals surface area contributed by atoms with Crippen LogP contribution in [0.15, 0.2) is 50.5 Å². The van der Waals surface area contributed by atoms with Crippen molar-refractivity contribution >= 4 is 46.8 Å². The standard InChI is InChI=1S/C18H16Cl2F3NO2S/c1-9-4-10(2-3-14(9)16(25)26)15-8-17(27-24-15,18(21,22)23)11-5-12(19)7-13(20)6-11/h2,4-6,12,14H,3,7-8H2,1H3,(H,25,26). The molecular formula is C18H16Cl2F3NO2S. The maximum Gasteiger partial charge on any atom is 0.409 e. The van der Waals surface area contributed by atoms with E-state index >= 15 is 0 Å². The van der Waals surface area contributed by atoms with Gasteiger partial charge in [0.15, 0.2) is 4.75 Å². The minimum Gasteiger partial charge on any atom is -0.481 e. The molecule has 9 heteroatoms. The zero-order valence-electron chi connectivity index (χ0n) is 14.2. The Morgan fingerprint density at radius 2 is 2.11 bits per heavy atom. The van der Waals surface area contributed by atoms with Crippen LogP contribution in [-0.2, 0) is 4.79 Å². The average molecular weight is 438 g/mol. The summed E-state index contributed by atoms with van der Waals surface area (Å²) in [6, 6.07) is 0. The summed E-state index contributed by atoms with van der Waals surface area (Å²) in [7, 11) is 0. The lowest BCUT2D eigenvalue weighted by atomic mass is 9.83. The zero-order chi connectivity index (χ0) is 20.0. The second kappa shape index (κ2) is 7.33. The summed E-state index contributed by atoms with van der Waals surface area (Å²) >= 11 is 12.5. The van der Waals surface area contributed by atoms with E-state index in [4.69, 9.17) is 23.2 Å². The van der Waals surface area contributed by atoms with Gasteiger partial charge in [-0.2, -0.15) is 13.2 Å². The highest BCUT2D eigenvalue weighted by atomic mass is 35.5. The molecule has 0 saturated heterocycles. The molecule has 3 nitrogen and oxygen atoms in total. The number of aliphatic carboxylic acids is 1. The molecule has 0 amide bonds. The van der Waals surface area contributed by atoms with Crippen LogP contribution in [0.4, 0.5) is 13.2 Å². The minimum atomic E-state index is -4.56. The Kier molecular flexibility index (Phi) is 5.58. The number of hydrogen-bond acceptors (Lipinski definition) is 3. The van der Waals surface area contributed by atoms with E-state index in [9.17, 15) is 23.1 Å². The van der Waals surface area contributed by atoms with Crippen molar-refractivity contribution in [1.29, 1.82) is 0 Å². The van der Waals surface area contributed by atoms with Crippen molar-refractivity contribution in [2.75, 3.05) is 0 Å². The third kappa shape index (κ3) is 3.87. The zero-order valence-corrected chi connectivity index (χ0v) is 16.5. The summed E-state index contributed by atoms with van der Waals surface area (Å²) in [6.07, 6.45) is 1.57. The fourth-order valence-corrected chi connectivity index (χ4v) is 5.00. The predicted octanol–water partition coefficient (Wildman–Crippen LogP) is 5.82.